The molecule has 3 fully saturated rings. The van der Waals surface area contributed by atoms with E-state index in [-0.39, 0.29) is 11.5 Å². The number of ether oxygens (including phenoxy) is 1. The zero-order valence-corrected chi connectivity index (χ0v) is 19.0. The van der Waals surface area contributed by atoms with E-state index < -0.39 is 0 Å². The molecule has 2 aromatic heterocycles. The first-order valence-electron chi connectivity index (χ1n) is 11.6. The van der Waals surface area contributed by atoms with Crippen molar-refractivity contribution in [3.8, 4) is 5.75 Å². The molecule has 3 aliphatic heterocycles. The average Bonchev–Trinajstić information content (AvgIpc) is 3.14. The molecule has 7 heteroatoms. The van der Waals surface area contributed by atoms with Gasteiger partial charge in [0.1, 0.15) is 5.75 Å². The third-order valence-electron chi connectivity index (χ3n) is 7.82. The SMILES string of the molecule is COc1ccc(Cn2nc3c4c(c(=O)ncc(Cl)c42)[C@H](C2CN4CCC2CC4)CC3)cc1. The van der Waals surface area contributed by atoms with Gasteiger partial charge in [-0.15, -0.1) is 0 Å². The lowest BCUT2D eigenvalue weighted by atomic mass is 9.67. The maximum atomic E-state index is 13.3. The van der Waals surface area contributed by atoms with Gasteiger partial charge in [-0.3, -0.25) is 9.48 Å². The van der Waals surface area contributed by atoms with E-state index in [9.17, 15) is 4.79 Å². The Morgan fingerprint density at radius 1 is 1.16 bits per heavy atom. The van der Waals surface area contributed by atoms with Crippen molar-refractivity contribution in [3.63, 3.8) is 0 Å². The Morgan fingerprint density at radius 3 is 2.62 bits per heavy atom. The second kappa shape index (κ2) is 7.85. The summed E-state index contributed by atoms with van der Waals surface area (Å²) in [6.07, 6.45) is 5.86. The van der Waals surface area contributed by atoms with E-state index in [2.05, 4.69) is 9.88 Å². The Balaban J connectivity index is 1.48. The summed E-state index contributed by atoms with van der Waals surface area (Å²) in [6.45, 7) is 4.08. The molecule has 32 heavy (non-hydrogen) atoms. The third kappa shape index (κ3) is 3.23. The highest BCUT2D eigenvalue weighted by atomic mass is 35.5. The van der Waals surface area contributed by atoms with Gasteiger partial charge >= 0.3 is 0 Å². The molecule has 0 radical (unpaired) electrons. The van der Waals surface area contributed by atoms with Crippen molar-refractivity contribution in [2.75, 3.05) is 26.7 Å². The summed E-state index contributed by atoms with van der Waals surface area (Å²) in [4.78, 5) is 20.1. The summed E-state index contributed by atoms with van der Waals surface area (Å²) in [7, 11) is 1.66. The van der Waals surface area contributed by atoms with Crippen LogP contribution in [0.1, 0.15) is 42.0 Å². The Bertz CT molecular complexity index is 1230. The van der Waals surface area contributed by atoms with Gasteiger partial charge in [-0.1, -0.05) is 23.7 Å². The maximum absolute atomic E-state index is 13.3. The van der Waals surface area contributed by atoms with Gasteiger partial charge in [0.25, 0.3) is 5.56 Å². The number of aryl methyl sites for hydroxylation is 1. The van der Waals surface area contributed by atoms with Crippen molar-refractivity contribution in [3.05, 3.63) is 62.7 Å². The molecule has 3 saturated heterocycles. The van der Waals surface area contributed by atoms with Gasteiger partial charge in [-0.05, 0) is 74.2 Å². The van der Waals surface area contributed by atoms with E-state index in [4.69, 9.17) is 21.4 Å². The van der Waals surface area contributed by atoms with E-state index in [1.54, 1.807) is 7.11 Å². The number of rotatable bonds is 4. The lowest BCUT2D eigenvalue weighted by Gasteiger charge is -2.48. The fraction of sp³-hybridized carbons (Fsp3) is 0.480. The molecule has 2 bridgehead atoms. The number of piperidine rings is 3. The smallest absolute Gasteiger partial charge is 0.273 e. The van der Waals surface area contributed by atoms with Crippen LogP contribution in [0.15, 0.2) is 35.3 Å². The molecule has 6 nitrogen and oxygen atoms in total. The molecule has 2 atom stereocenters. The predicted octanol–water partition coefficient (Wildman–Crippen LogP) is 3.87. The summed E-state index contributed by atoms with van der Waals surface area (Å²) in [6, 6.07) is 7.98. The second-order valence-electron chi connectivity index (χ2n) is 9.45. The molecule has 0 amide bonds. The molecule has 1 aliphatic carbocycles. The standard InChI is InChI=1S/C25H27ClN4O2/c1-32-17-4-2-15(3-5-17)13-30-24-20(26)12-27-25(31)22-18(6-7-21(28-30)23(22)24)19-14-29-10-8-16(19)9-11-29/h2-5,12,16,18-19H,6-11,13-14H2,1H3/t18-,19?/m0/s1. The number of halogens is 1. The van der Waals surface area contributed by atoms with Crippen LogP contribution in [0.25, 0.3) is 10.9 Å². The van der Waals surface area contributed by atoms with Crippen molar-refractivity contribution < 1.29 is 4.74 Å². The minimum Gasteiger partial charge on any atom is -0.497 e. The Kier molecular flexibility index (Phi) is 4.95. The number of benzene rings is 1. The summed E-state index contributed by atoms with van der Waals surface area (Å²) < 4.78 is 7.24. The van der Waals surface area contributed by atoms with Crippen molar-refractivity contribution in [2.45, 2.75) is 38.1 Å². The molecule has 166 valence electrons. The first-order valence-corrected chi connectivity index (χ1v) is 11.9. The largest absolute Gasteiger partial charge is 0.497 e. The highest BCUT2D eigenvalue weighted by Crippen LogP contribution is 2.46. The van der Waals surface area contributed by atoms with Crippen LogP contribution in [0.2, 0.25) is 5.02 Å². The lowest BCUT2D eigenvalue weighted by molar-refractivity contribution is 0.0345. The van der Waals surface area contributed by atoms with Gasteiger partial charge in [0.2, 0.25) is 0 Å². The van der Waals surface area contributed by atoms with Crippen LogP contribution >= 0.6 is 11.6 Å². The number of hydrogen-bond donors (Lipinski definition) is 0. The number of aromatic nitrogens is 3. The highest BCUT2D eigenvalue weighted by molar-refractivity contribution is 6.35. The normalized spacial score (nSPS) is 26.4. The van der Waals surface area contributed by atoms with Gasteiger partial charge in [-0.25, -0.2) is 4.98 Å². The Morgan fingerprint density at radius 2 is 1.94 bits per heavy atom. The van der Waals surface area contributed by atoms with Gasteiger partial charge in [0, 0.05) is 17.5 Å². The van der Waals surface area contributed by atoms with Crippen LogP contribution < -0.4 is 10.3 Å². The number of nitrogens with zero attached hydrogens (tertiary/aromatic N) is 4. The molecule has 7 rings (SSSR count). The predicted molar refractivity (Wildman–Crippen MR) is 125 cm³/mol. The van der Waals surface area contributed by atoms with Crippen LogP contribution in [-0.4, -0.2) is 46.4 Å². The molecule has 1 aromatic carbocycles. The van der Waals surface area contributed by atoms with Crippen LogP contribution in [0.5, 0.6) is 5.75 Å². The Labute approximate surface area is 192 Å². The molecule has 5 heterocycles. The van der Waals surface area contributed by atoms with Gasteiger partial charge < -0.3 is 9.64 Å². The summed E-state index contributed by atoms with van der Waals surface area (Å²) in [5, 5.41) is 6.39. The average molecular weight is 451 g/mol. The molecule has 0 spiro atoms. The van der Waals surface area contributed by atoms with Crippen LogP contribution in [0.4, 0.5) is 0 Å². The van der Waals surface area contributed by atoms with Crippen molar-refractivity contribution >= 4 is 22.5 Å². The second-order valence-corrected chi connectivity index (χ2v) is 9.86. The van der Waals surface area contributed by atoms with E-state index in [1.165, 1.54) is 32.1 Å². The minimum absolute atomic E-state index is 0.131. The Hall–Kier alpha value is -2.44. The van der Waals surface area contributed by atoms with E-state index in [1.807, 2.05) is 28.9 Å². The lowest BCUT2D eigenvalue weighted by Crippen LogP contribution is -2.50. The topological polar surface area (TPSA) is 60.3 Å². The van der Waals surface area contributed by atoms with Gasteiger partial charge in [-0.2, -0.15) is 5.10 Å². The quantitative estimate of drug-likeness (QED) is 0.603. The summed E-state index contributed by atoms with van der Waals surface area (Å²) in [5.41, 5.74) is 3.65. The zero-order chi connectivity index (χ0) is 21.8. The first kappa shape index (κ1) is 20.2. The van der Waals surface area contributed by atoms with Crippen molar-refractivity contribution in [2.24, 2.45) is 11.8 Å². The van der Waals surface area contributed by atoms with Crippen molar-refractivity contribution in [1.82, 2.24) is 19.7 Å². The van der Waals surface area contributed by atoms with E-state index in [0.717, 1.165) is 52.9 Å². The van der Waals surface area contributed by atoms with Crippen LogP contribution in [0.3, 0.4) is 0 Å². The molecule has 1 unspecified atom stereocenters. The first-order chi connectivity index (χ1) is 15.6. The van der Waals surface area contributed by atoms with Gasteiger partial charge in [0.15, 0.2) is 0 Å². The molecule has 3 aromatic rings. The van der Waals surface area contributed by atoms with Crippen molar-refractivity contribution in [1.29, 1.82) is 0 Å². The summed E-state index contributed by atoms with van der Waals surface area (Å²) >= 11 is 6.70. The fourth-order valence-electron chi connectivity index (χ4n) is 6.26. The van der Waals surface area contributed by atoms with E-state index >= 15 is 0 Å². The molecule has 0 N–H and O–H groups in total. The minimum atomic E-state index is -0.131. The molecule has 0 saturated carbocycles. The monoisotopic (exact) mass is 450 g/mol. The molecular formula is C25H27ClN4O2. The number of fused-ring (bicyclic) bond motifs is 3. The fourth-order valence-corrected chi connectivity index (χ4v) is 6.50. The number of hydrogen-bond acceptors (Lipinski definition) is 5. The summed E-state index contributed by atoms with van der Waals surface area (Å²) in [5.74, 6) is 2.29. The molecular weight excluding hydrogens is 424 g/mol. The maximum Gasteiger partial charge on any atom is 0.273 e. The van der Waals surface area contributed by atoms with Crippen LogP contribution in [0, 0.1) is 11.8 Å². The zero-order valence-electron chi connectivity index (χ0n) is 18.3. The van der Waals surface area contributed by atoms with E-state index in [0.29, 0.717) is 23.4 Å². The van der Waals surface area contributed by atoms with Crippen LogP contribution in [-0.2, 0) is 13.0 Å². The number of methoxy groups -OCH3 is 1. The highest BCUT2D eigenvalue weighted by Gasteiger charge is 2.42. The van der Waals surface area contributed by atoms with Gasteiger partial charge in [0.05, 0.1) is 36.1 Å². The molecule has 4 aliphatic rings. The third-order valence-corrected chi connectivity index (χ3v) is 8.10.